The molecule has 2 nitrogen and oxygen atoms in total. The average Bonchev–Trinajstić information content (AvgIpc) is 2.59. The summed E-state index contributed by atoms with van der Waals surface area (Å²) in [5.74, 6) is 0.746. The molecule has 0 atom stereocenters. The third-order valence-electron chi connectivity index (χ3n) is 2.79. The standard InChI is InChI=1S/C13H14F3NO/c1-9-11(8-17-7-6-13(14,15)16)10-4-2-3-5-12(10)18-9/h2-5,17H,6-8H2,1H3. The Kier molecular flexibility index (Phi) is 3.61. The van der Waals surface area contributed by atoms with Gasteiger partial charge in [-0.25, -0.2) is 0 Å². The summed E-state index contributed by atoms with van der Waals surface area (Å²) < 4.78 is 41.5. The number of halogens is 3. The number of furan rings is 1. The highest BCUT2D eigenvalue weighted by atomic mass is 19.4. The van der Waals surface area contributed by atoms with E-state index in [1.807, 2.05) is 31.2 Å². The predicted molar refractivity (Wildman–Crippen MR) is 63.3 cm³/mol. The van der Waals surface area contributed by atoms with E-state index in [-0.39, 0.29) is 6.54 Å². The minimum absolute atomic E-state index is 0.0809. The first-order valence-corrected chi connectivity index (χ1v) is 5.72. The number of para-hydroxylation sites is 1. The first-order valence-electron chi connectivity index (χ1n) is 5.72. The molecule has 2 rings (SSSR count). The molecular weight excluding hydrogens is 243 g/mol. The molecule has 0 saturated heterocycles. The number of fused-ring (bicyclic) bond motifs is 1. The second-order valence-corrected chi connectivity index (χ2v) is 4.17. The molecule has 0 spiro atoms. The third-order valence-corrected chi connectivity index (χ3v) is 2.79. The van der Waals surface area contributed by atoms with Gasteiger partial charge in [-0.05, 0) is 13.0 Å². The molecule has 1 aromatic carbocycles. The number of alkyl halides is 3. The number of nitrogens with one attached hydrogen (secondary N) is 1. The monoisotopic (exact) mass is 257 g/mol. The van der Waals surface area contributed by atoms with Crippen LogP contribution in [0, 0.1) is 6.92 Å². The van der Waals surface area contributed by atoms with Gasteiger partial charge in [0.25, 0.3) is 0 Å². The highest BCUT2D eigenvalue weighted by Crippen LogP contribution is 2.25. The lowest BCUT2D eigenvalue weighted by Gasteiger charge is -2.07. The molecule has 98 valence electrons. The summed E-state index contributed by atoms with van der Waals surface area (Å²) >= 11 is 0. The first kappa shape index (κ1) is 13.0. The molecule has 18 heavy (non-hydrogen) atoms. The number of rotatable bonds is 4. The van der Waals surface area contributed by atoms with Crippen LogP contribution in [0.1, 0.15) is 17.7 Å². The van der Waals surface area contributed by atoms with Gasteiger partial charge in [-0.15, -0.1) is 0 Å². The summed E-state index contributed by atoms with van der Waals surface area (Å²) in [5, 5.41) is 3.75. The average molecular weight is 257 g/mol. The second kappa shape index (κ2) is 5.02. The van der Waals surface area contributed by atoms with E-state index >= 15 is 0 Å². The molecule has 0 radical (unpaired) electrons. The molecule has 0 amide bonds. The lowest BCUT2D eigenvalue weighted by atomic mass is 10.1. The topological polar surface area (TPSA) is 25.2 Å². The van der Waals surface area contributed by atoms with Crippen molar-refractivity contribution < 1.29 is 17.6 Å². The van der Waals surface area contributed by atoms with E-state index in [9.17, 15) is 13.2 Å². The van der Waals surface area contributed by atoms with E-state index in [4.69, 9.17) is 4.42 Å². The Morgan fingerprint density at radius 3 is 2.67 bits per heavy atom. The fraction of sp³-hybridized carbons (Fsp3) is 0.385. The van der Waals surface area contributed by atoms with Crippen molar-refractivity contribution in [2.45, 2.75) is 26.1 Å². The van der Waals surface area contributed by atoms with Crippen LogP contribution in [0.5, 0.6) is 0 Å². The minimum Gasteiger partial charge on any atom is -0.461 e. The van der Waals surface area contributed by atoms with Gasteiger partial charge in [-0.3, -0.25) is 0 Å². The second-order valence-electron chi connectivity index (χ2n) is 4.17. The van der Waals surface area contributed by atoms with Gasteiger partial charge in [0.05, 0.1) is 6.42 Å². The molecule has 1 N–H and O–H groups in total. The molecule has 0 aliphatic carbocycles. The van der Waals surface area contributed by atoms with Crippen molar-refractivity contribution in [1.82, 2.24) is 5.32 Å². The normalized spacial score (nSPS) is 12.2. The fourth-order valence-corrected chi connectivity index (χ4v) is 1.88. The highest BCUT2D eigenvalue weighted by molar-refractivity contribution is 5.82. The van der Waals surface area contributed by atoms with Gasteiger partial charge in [-0.1, -0.05) is 18.2 Å². The van der Waals surface area contributed by atoms with E-state index in [1.54, 1.807) is 0 Å². The van der Waals surface area contributed by atoms with E-state index in [1.165, 1.54) is 0 Å². The lowest BCUT2D eigenvalue weighted by molar-refractivity contribution is -0.133. The Labute approximate surface area is 103 Å². The highest BCUT2D eigenvalue weighted by Gasteiger charge is 2.26. The largest absolute Gasteiger partial charge is 0.461 e. The maximum atomic E-state index is 12.0. The number of aryl methyl sites for hydroxylation is 1. The van der Waals surface area contributed by atoms with Crippen molar-refractivity contribution in [2.24, 2.45) is 0 Å². The quantitative estimate of drug-likeness (QED) is 0.843. The van der Waals surface area contributed by atoms with Crippen LogP contribution in [0.2, 0.25) is 0 Å². The molecule has 1 aromatic heterocycles. The van der Waals surface area contributed by atoms with Crippen LogP contribution >= 0.6 is 0 Å². The van der Waals surface area contributed by atoms with Crippen LogP contribution in [0.15, 0.2) is 28.7 Å². The number of benzene rings is 1. The van der Waals surface area contributed by atoms with Gasteiger partial charge >= 0.3 is 6.18 Å². The predicted octanol–water partition coefficient (Wildman–Crippen LogP) is 3.78. The first-order chi connectivity index (χ1) is 8.47. The summed E-state index contributed by atoms with van der Waals surface area (Å²) in [5.41, 5.74) is 1.69. The number of hydrogen-bond donors (Lipinski definition) is 1. The summed E-state index contributed by atoms with van der Waals surface area (Å²) in [7, 11) is 0. The van der Waals surface area contributed by atoms with Crippen LogP contribution in [0.25, 0.3) is 11.0 Å². The molecule has 0 aliphatic rings. The molecule has 0 aliphatic heterocycles. The van der Waals surface area contributed by atoms with Crippen LogP contribution in [0.3, 0.4) is 0 Å². The Hall–Kier alpha value is -1.49. The molecule has 1 heterocycles. The maximum absolute atomic E-state index is 12.0. The van der Waals surface area contributed by atoms with Crippen molar-refractivity contribution in [2.75, 3.05) is 6.54 Å². The summed E-state index contributed by atoms with van der Waals surface area (Å²) in [6.07, 6.45) is -4.93. The summed E-state index contributed by atoms with van der Waals surface area (Å²) in [6, 6.07) is 7.51. The van der Waals surface area contributed by atoms with E-state index in [2.05, 4.69) is 5.32 Å². The summed E-state index contributed by atoms with van der Waals surface area (Å²) in [6.45, 7) is 2.13. The van der Waals surface area contributed by atoms with Gasteiger partial charge in [0.2, 0.25) is 0 Å². The Morgan fingerprint density at radius 2 is 1.94 bits per heavy atom. The molecule has 5 heteroatoms. The van der Waals surface area contributed by atoms with Gasteiger partial charge < -0.3 is 9.73 Å². The van der Waals surface area contributed by atoms with Gasteiger partial charge in [0.1, 0.15) is 11.3 Å². The maximum Gasteiger partial charge on any atom is 0.390 e. The van der Waals surface area contributed by atoms with E-state index in [0.717, 1.165) is 22.3 Å². The zero-order chi connectivity index (χ0) is 13.2. The van der Waals surface area contributed by atoms with Gasteiger partial charge in [-0.2, -0.15) is 13.2 Å². The van der Waals surface area contributed by atoms with Crippen LogP contribution in [-0.4, -0.2) is 12.7 Å². The number of hydrogen-bond acceptors (Lipinski definition) is 2. The molecule has 0 unspecified atom stereocenters. The van der Waals surface area contributed by atoms with Crippen LogP contribution < -0.4 is 5.32 Å². The molecule has 2 aromatic rings. The third kappa shape index (κ3) is 3.04. The van der Waals surface area contributed by atoms with Crippen molar-refractivity contribution >= 4 is 11.0 Å². The van der Waals surface area contributed by atoms with Crippen molar-refractivity contribution in [3.05, 3.63) is 35.6 Å². The minimum atomic E-state index is -4.11. The van der Waals surface area contributed by atoms with Crippen molar-refractivity contribution in [3.63, 3.8) is 0 Å². The van der Waals surface area contributed by atoms with Crippen molar-refractivity contribution in [1.29, 1.82) is 0 Å². The van der Waals surface area contributed by atoms with Crippen LogP contribution in [0.4, 0.5) is 13.2 Å². The molecule has 0 bridgehead atoms. The Balaban J connectivity index is 2.01. The zero-order valence-electron chi connectivity index (χ0n) is 9.97. The Bertz CT molecular complexity index is 531. The van der Waals surface area contributed by atoms with Gasteiger partial charge in [0.15, 0.2) is 0 Å². The SMILES string of the molecule is Cc1oc2ccccc2c1CNCCC(F)(F)F. The fourth-order valence-electron chi connectivity index (χ4n) is 1.88. The Morgan fingerprint density at radius 1 is 1.22 bits per heavy atom. The van der Waals surface area contributed by atoms with Gasteiger partial charge in [0, 0.05) is 24.0 Å². The smallest absolute Gasteiger partial charge is 0.390 e. The van der Waals surface area contributed by atoms with E-state index in [0.29, 0.717) is 6.54 Å². The molecule has 0 saturated carbocycles. The lowest BCUT2D eigenvalue weighted by Crippen LogP contribution is -2.21. The van der Waals surface area contributed by atoms with Crippen molar-refractivity contribution in [3.8, 4) is 0 Å². The van der Waals surface area contributed by atoms with Crippen LogP contribution in [-0.2, 0) is 6.54 Å². The molecular formula is C13H14F3NO. The zero-order valence-corrected chi connectivity index (χ0v) is 9.97. The van der Waals surface area contributed by atoms with E-state index < -0.39 is 12.6 Å². The molecule has 0 fully saturated rings. The summed E-state index contributed by atoms with van der Waals surface area (Å²) in [4.78, 5) is 0.